The summed E-state index contributed by atoms with van der Waals surface area (Å²) in [5.74, 6) is -0.162. The second kappa shape index (κ2) is 9.82. The van der Waals surface area contributed by atoms with E-state index in [2.05, 4.69) is 26.0 Å². The van der Waals surface area contributed by atoms with Crippen molar-refractivity contribution in [3.8, 4) is 5.75 Å². The molecule has 146 valence electrons. The lowest BCUT2D eigenvalue weighted by molar-refractivity contribution is -0.121. The van der Waals surface area contributed by atoms with Gasteiger partial charge in [0.25, 0.3) is 0 Å². The normalized spacial score (nSPS) is 11.2. The molecule has 2 aromatic rings. The minimum Gasteiger partial charge on any atom is -0.494 e. The van der Waals surface area contributed by atoms with Crippen LogP contribution < -0.4 is 14.8 Å². The van der Waals surface area contributed by atoms with Crippen LogP contribution in [-0.4, -0.2) is 27.5 Å². The zero-order chi connectivity index (χ0) is 19.9. The van der Waals surface area contributed by atoms with Crippen molar-refractivity contribution in [3.05, 3.63) is 58.3 Å². The monoisotopic (exact) mass is 458 g/mol. The first kappa shape index (κ1) is 21.3. The third-order valence-corrected chi connectivity index (χ3v) is 5.82. The first-order chi connectivity index (χ1) is 12.8. The predicted molar refractivity (Wildman–Crippen MR) is 103 cm³/mol. The second-order valence-corrected chi connectivity index (χ2v) is 8.19. The van der Waals surface area contributed by atoms with E-state index in [1.54, 1.807) is 18.2 Å². The number of carbonyl (C=O) groups is 1. The Hall–Kier alpha value is -1.97. The highest BCUT2D eigenvalue weighted by Crippen LogP contribution is 2.18. The van der Waals surface area contributed by atoms with Crippen molar-refractivity contribution < 1.29 is 22.3 Å². The quantitative estimate of drug-likeness (QED) is 0.604. The second-order valence-electron chi connectivity index (χ2n) is 5.56. The van der Waals surface area contributed by atoms with Gasteiger partial charge in [-0.3, -0.25) is 4.79 Å². The molecule has 0 aliphatic rings. The van der Waals surface area contributed by atoms with Crippen LogP contribution in [0.15, 0.2) is 51.8 Å². The van der Waals surface area contributed by atoms with Gasteiger partial charge in [0.2, 0.25) is 15.9 Å². The van der Waals surface area contributed by atoms with Crippen LogP contribution in [0.5, 0.6) is 5.75 Å². The number of halogens is 2. The molecule has 0 saturated carbocycles. The maximum atomic E-state index is 13.2. The molecule has 2 aromatic carbocycles. The van der Waals surface area contributed by atoms with Crippen LogP contribution in [0.2, 0.25) is 0 Å². The van der Waals surface area contributed by atoms with E-state index in [9.17, 15) is 17.6 Å². The summed E-state index contributed by atoms with van der Waals surface area (Å²) >= 11 is 3.28. The minimum absolute atomic E-state index is 0.0385. The van der Waals surface area contributed by atoms with Crippen LogP contribution in [0.4, 0.5) is 4.39 Å². The largest absolute Gasteiger partial charge is 0.494 e. The topological polar surface area (TPSA) is 84.5 Å². The summed E-state index contributed by atoms with van der Waals surface area (Å²) < 4.78 is 46.0. The van der Waals surface area contributed by atoms with Crippen molar-refractivity contribution in [1.29, 1.82) is 0 Å². The van der Waals surface area contributed by atoms with Crippen molar-refractivity contribution in [1.82, 2.24) is 10.0 Å². The number of amides is 1. The molecule has 0 atom stereocenters. The molecule has 1 amide bonds. The molecule has 0 unspecified atom stereocenters. The number of hydrogen-bond acceptors (Lipinski definition) is 4. The highest BCUT2D eigenvalue weighted by atomic mass is 79.9. The average molecular weight is 459 g/mol. The van der Waals surface area contributed by atoms with E-state index >= 15 is 0 Å². The molecule has 0 aliphatic heterocycles. The summed E-state index contributed by atoms with van der Waals surface area (Å²) in [6.45, 7) is 2.42. The Bertz CT molecular complexity index is 889. The number of ether oxygens (including phenoxy) is 1. The first-order valence-electron chi connectivity index (χ1n) is 8.25. The van der Waals surface area contributed by atoms with E-state index in [1.165, 1.54) is 24.3 Å². The molecule has 0 heterocycles. The third-order valence-electron chi connectivity index (χ3n) is 3.57. The van der Waals surface area contributed by atoms with Crippen LogP contribution in [0.1, 0.15) is 18.9 Å². The lowest BCUT2D eigenvalue weighted by Crippen LogP contribution is -2.30. The Morgan fingerprint density at radius 2 is 1.89 bits per heavy atom. The van der Waals surface area contributed by atoms with Crippen molar-refractivity contribution in [2.45, 2.75) is 24.8 Å². The number of hydrogen-bond donors (Lipinski definition) is 2. The van der Waals surface area contributed by atoms with E-state index in [-0.39, 0.29) is 30.3 Å². The summed E-state index contributed by atoms with van der Waals surface area (Å²) in [5.41, 5.74) is 0.596. The Morgan fingerprint density at radius 1 is 1.19 bits per heavy atom. The summed E-state index contributed by atoms with van der Waals surface area (Å²) in [4.78, 5) is 12.0. The number of sulfonamides is 1. The van der Waals surface area contributed by atoms with Crippen LogP contribution in [0.3, 0.4) is 0 Å². The lowest BCUT2D eigenvalue weighted by Gasteiger charge is -2.09. The van der Waals surface area contributed by atoms with Gasteiger partial charge in [0.15, 0.2) is 0 Å². The van der Waals surface area contributed by atoms with Gasteiger partial charge in [0.05, 0.1) is 11.5 Å². The molecule has 2 N–H and O–H groups in total. The molecule has 0 aromatic heterocycles. The van der Waals surface area contributed by atoms with E-state index in [1.807, 2.05) is 6.92 Å². The van der Waals surface area contributed by atoms with Crippen LogP contribution >= 0.6 is 15.9 Å². The molecule has 0 radical (unpaired) electrons. The van der Waals surface area contributed by atoms with Crippen molar-refractivity contribution in [2.75, 3.05) is 13.2 Å². The van der Waals surface area contributed by atoms with E-state index in [4.69, 9.17) is 4.74 Å². The van der Waals surface area contributed by atoms with E-state index in [0.29, 0.717) is 22.4 Å². The maximum Gasteiger partial charge on any atom is 0.240 e. The van der Waals surface area contributed by atoms with E-state index < -0.39 is 15.8 Å². The minimum atomic E-state index is -3.71. The molecule has 6 nitrogen and oxygen atoms in total. The van der Waals surface area contributed by atoms with Gasteiger partial charge in [-0.05, 0) is 55.0 Å². The number of nitrogens with one attached hydrogen (secondary N) is 2. The number of rotatable bonds is 9. The standard InChI is InChI=1S/C18H20BrFN2O4S/c1-2-26-15-4-6-16(7-5-15)27(24,25)22-10-9-18(23)21-12-13-11-14(20)3-8-17(13)19/h3-8,11,22H,2,9-10,12H2,1H3,(H,21,23). The summed E-state index contributed by atoms with van der Waals surface area (Å²) in [6, 6.07) is 10.2. The smallest absolute Gasteiger partial charge is 0.240 e. The molecule has 27 heavy (non-hydrogen) atoms. The lowest BCUT2D eigenvalue weighted by atomic mass is 10.2. The van der Waals surface area contributed by atoms with Crippen LogP contribution in [0, 0.1) is 5.82 Å². The molecule has 0 saturated heterocycles. The molecule has 0 spiro atoms. The van der Waals surface area contributed by atoms with E-state index in [0.717, 1.165) is 0 Å². The Balaban J connectivity index is 1.82. The molecule has 0 aliphatic carbocycles. The fourth-order valence-corrected chi connectivity index (χ4v) is 3.64. The molecular formula is C18H20BrFN2O4S. The van der Waals surface area contributed by atoms with Gasteiger partial charge in [0, 0.05) is 24.0 Å². The summed E-state index contributed by atoms with van der Waals surface area (Å²) in [6.07, 6.45) is -0.0385. The fraction of sp³-hybridized carbons (Fsp3) is 0.278. The highest BCUT2D eigenvalue weighted by Gasteiger charge is 2.14. The summed E-state index contributed by atoms with van der Waals surface area (Å²) in [7, 11) is -3.71. The van der Waals surface area contributed by atoms with Crippen molar-refractivity contribution >= 4 is 31.9 Å². The van der Waals surface area contributed by atoms with Gasteiger partial charge in [-0.15, -0.1) is 0 Å². The third kappa shape index (κ3) is 6.60. The first-order valence-corrected chi connectivity index (χ1v) is 10.5. The molecule has 2 rings (SSSR count). The van der Waals surface area contributed by atoms with Crippen LogP contribution in [-0.2, 0) is 21.4 Å². The van der Waals surface area contributed by atoms with Gasteiger partial charge in [0.1, 0.15) is 11.6 Å². The van der Waals surface area contributed by atoms with Gasteiger partial charge in [-0.25, -0.2) is 17.5 Å². The Morgan fingerprint density at radius 3 is 2.56 bits per heavy atom. The van der Waals surface area contributed by atoms with Crippen molar-refractivity contribution in [2.24, 2.45) is 0 Å². The van der Waals surface area contributed by atoms with Crippen LogP contribution in [0.25, 0.3) is 0 Å². The average Bonchev–Trinajstić information content (AvgIpc) is 2.63. The fourth-order valence-electron chi connectivity index (χ4n) is 2.22. The predicted octanol–water partition coefficient (Wildman–Crippen LogP) is 2.97. The van der Waals surface area contributed by atoms with Gasteiger partial charge in [-0.2, -0.15) is 0 Å². The highest BCUT2D eigenvalue weighted by molar-refractivity contribution is 9.10. The SMILES string of the molecule is CCOc1ccc(S(=O)(=O)NCCC(=O)NCc2cc(F)ccc2Br)cc1. The molecular weight excluding hydrogens is 439 g/mol. The van der Waals surface area contributed by atoms with Gasteiger partial charge < -0.3 is 10.1 Å². The Labute approximate surface area is 166 Å². The summed E-state index contributed by atoms with van der Waals surface area (Å²) in [5, 5.41) is 2.63. The molecule has 0 bridgehead atoms. The zero-order valence-electron chi connectivity index (χ0n) is 14.7. The zero-order valence-corrected chi connectivity index (χ0v) is 17.1. The number of benzene rings is 2. The van der Waals surface area contributed by atoms with Crippen molar-refractivity contribution in [3.63, 3.8) is 0 Å². The van der Waals surface area contributed by atoms with Gasteiger partial charge >= 0.3 is 0 Å². The maximum absolute atomic E-state index is 13.2. The molecule has 0 fully saturated rings. The number of carbonyl (C=O) groups excluding carboxylic acids is 1. The Kier molecular flexibility index (Phi) is 7.76. The molecule has 9 heteroatoms. The van der Waals surface area contributed by atoms with Gasteiger partial charge in [-0.1, -0.05) is 15.9 Å².